The van der Waals surface area contributed by atoms with Crippen molar-refractivity contribution < 1.29 is 14.4 Å². The summed E-state index contributed by atoms with van der Waals surface area (Å²) in [7, 11) is 0. The molecule has 1 saturated heterocycles. The molecule has 0 aliphatic carbocycles. The van der Waals surface area contributed by atoms with E-state index in [0.29, 0.717) is 6.54 Å². The Morgan fingerprint density at radius 2 is 2.10 bits per heavy atom. The number of hydrogen-bond donors (Lipinski definition) is 2. The van der Waals surface area contributed by atoms with E-state index in [4.69, 9.17) is 0 Å². The van der Waals surface area contributed by atoms with E-state index in [0.717, 1.165) is 23.1 Å². The molecule has 8 heteroatoms. The van der Waals surface area contributed by atoms with Gasteiger partial charge in [0.1, 0.15) is 0 Å². The zero-order chi connectivity index (χ0) is 14.4. The lowest BCUT2D eigenvalue weighted by molar-refractivity contribution is -0.124. The number of nitrogens with zero attached hydrogens (tertiary/aromatic N) is 1. The molecule has 0 atom stereocenters. The Labute approximate surface area is 124 Å². The first-order chi connectivity index (χ1) is 9.66. The summed E-state index contributed by atoms with van der Waals surface area (Å²) in [6.07, 6.45) is 0.796. The molecule has 1 aromatic rings. The van der Waals surface area contributed by atoms with Crippen LogP contribution in [0.2, 0.25) is 0 Å². The van der Waals surface area contributed by atoms with Crippen LogP contribution in [0.1, 0.15) is 4.88 Å². The Hall–Kier alpha value is -1.54. The van der Waals surface area contributed by atoms with Crippen molar-refractivity contribution >= 4 is 40.3 Å². The third kappa shape index (κ3) is 4.24. The Morgan fingerprint density at radius 1 is 1.30 bits per heavy atom. The fourth-order valence-electron chi connectivity index (χ4n) is 1.69. The molecule has 20 heavy (non-hydrogen) atoms. The number of nitrogens with one attached hydrogen (secondary N) is 2. The maximum Gasteiger partial charge on any atom is 0.314 e. The first-order valence-electron chi connectivity index (χ1n) is 6.18. The van der Waals surface area contributed by atoms with E-state index >= 15 is 0 Å². The van der Waals surface area contributed by atoms with Crippen molar-refractivity contribution in [3.8, 4) is 0 Å². The smallest absolute Gasteiger partial charge is 0.314 e. The number of amides is 4. The second kappa shape index (κ2) is 7.30. The molecule has 108 valence electrons. The van der Waals surface area contributed by atoms with Crippen molar-refractivity contribution in [3.05, 3.63) is 22.4 Å². The van der Waals surface area contributed by atoms with Gasteiger partial charge in [-0.15, -0.1) is 11.3 Å². The number of carbonyl (C=O) groups is 3. The largest absolute Gasteiger partial charge is 0.338 e. The molecular weight excluding hydrogens is 298 g/mol. The van der Waals surface area contributed by atoms with Gasteiger partial charge < -0.3 is 10.6 Å². The molecule has 1 aliphatic heterocycles. The van der Waals surface area contributed by atoms with Crippen LogP contribution in [0.25, 0.3) is 0 Å². The highest BCUT2D eigenvalue weighted by molar-refractivity contribution is 8.14. The van der Waals surface area contributed by atoms with Crippen LogP contribution in [-0.4, -0.2) is 47.5 Å². The van der Waals surface area contributed by atoms with Crippen LogP contribution in [0, 0.1) is 0 Å². The summed E-state index contributed by atoms with van der Waals surface area (Å²) in [6.45, 7) is 1.05. The van der Waals surface area contributed by atoms with E-state index in [9.17, 15) is 14.4 Å². The van der Waals surface area contributed by atoms with Gasteiger partial charge in [-0.2, -0.15) is 0 Å². The normalized spacial score (nSPS) is 14.7. The number of rotatable bonds is 6. The average molecular weight is 313 g/mol. The molecule has 1 aromatic heterocycles. The molecule has 0 saturated carbocycles. The van der Waals surface area contributed by atoms with Gasteiger partial charge in [0.15, 0.2) is 0 Å². The van der Waals surface area contributed by atoms with E-state index in [-0.39, 0.29) is 36.0 Å². The summed E-state index contributed by atoms with van der Waals surface area (Å²) in [5.41, 5.74) is 0. The minimum atomic E-state index is -0.284. The van der Waals surface area contributed by atoms with Crippen molar-refractivity contribution in [1.29, 1.82) is 0 Å². The topological polar surface area (TPSA) is 78.5 Å². The summed E-state index contributed by atoms with van der Waals surface area (Å²) < 4.78 is 0. The first-order valence-corrected chi connectivity index (χ1v) is 8.04. The second-order valence-electron chi connectivity index (χ2n) is 4.11. The van der Waals surface area contributed by atoms with Gasteiger partial charge in [-0.05, 0) is 17.9 Å². The Balaban J connectivity index is 1.58. The van der Waals surface area contributed by atoms with Crippen LogP contribution in [-0.2, 0) is 11.2 Å². The van der Waals surface area contributed by atoms with Gasteiger partial charge in [-0.3, -0.25) is 14.5 Å². The molecule has 6 nitrogen and oxygen atoms in total. The number of carbonyl (C=O) groups excluding carboxylic acids is 3. The van der Waals surface area contributed by atoms with Crippen LogP contribution in [0.4, 0.5) is 9.59 Å². The van der Waals surface area contributed by atoms with Crippen molar-refractivity contribution in [2.24, 2.45) is 0 Å². The van der Waals surface area contributed by atoms with Crippen LogP contribution in [0.3, 0.4) is 0 Å². The number of thiophene rings is 1. The third-order valence-electron chi connectivity index (χ3n) is 2.70. The monoisotopic (exact) mass is 313 g/mol. The predicted molar refractivity (Wildman–Crippen MR) is 79.0 cm³/mol. The molecular formula is C12H15N3O3S2. The molecule has 1 aliphatic rings. The van der Waals surface area contributed by atoms with Gasteiger partial charge in [0, 0.05) is 24.5 Å². The molecule has 0 radical (unpaired) electrons. The SMILES string of the molecule is O=C(NCCc1cccs1)NCCN1C(=O)CSC1=O. The van der Waals surface area contributed by atoms with Gasteiger partial charge in [0.25, 0.3) is 5.24 Å². The van der Waals surface area contributed by atoms with E-state index < -0.39 is 0 Å². The highest BCUT2D eigenvalue weighted by Crippen LogP contribution is 2.17. The molecule has 1 fully saturated rings. The summed E-state index contributed by atoms with van der Waals surface area (Å²) in [5, 5.41) is 7.12. The summed E-state index contributed by atoms with van der Waals surface area (Å²) in [5.74, 6) is 0.00571. The lowest BCUT2D eigenvalue weighted by atomic mass is 10.3. The number of thioether (sulfide) groups is 1. The highest BCUT2D eigenvalue weighted by Gasteiger charge is 2.29. The van der Waals surface area contributed by atoms with E-state index in [1.165, 1.54) is 4.88 Å². The molecule has 0 unspecified atom stereocenters. The molecule has 0 bridgehead atoms. The van der Waals surface area contributed by atoms with Crippen LogP contribution >= 0.6 is 23.1 Å². The first kappa shape index (κ1) is 14.9. The Bertz CT molecular complexity index is 474. The maximum absolute atomic E-state index is 11.5. The van der Waals surface area contributed by atoms with Gasteiger partial charge in [0.05, 0.1) is 5.75 Å². The van der Waals surface area contributed by atoms with E-state index in [2.05, 4.69) is 10.6 Å². The zero-order valence-corrected chi connectivity index (χ0v) is 12.4. The minimum absolute atomic E-state index is 0.195. The lowest BCUT2D eigenvalue weighted by Crippen LogP contribution is -2.42. The summed E-state index contributed by atoms with van der Waals surface area (Å²) >= 11 is 2.65. The summed E-state index contributed by atoms with van der Waals surface area (Å²) in [4.78, 5) is 36.5. The van der Waals surface area contributed by atoms with Crippen molar-refractivity contribution in [3.63, 3.8) is 0 Å². The quantitative estimate of drug-likeness (QED) is 0.829. The molecule has 2 rings (SSSR count). The van der Waals surface area contributed by atoms with Crippen LogP contribution < -0.4 is 10.6 Å². The highest BCUT2D eigenvalue weighted by atomic mass is 32.2. The van der Waals surface area contributed by atoms with Gasteiger partial charge in [-0.1, -0.05) is 17.8 Å². The molecule has 2 N–H and O–H groups in total. The summed E-state index contributed by atoms with van der Waals surface area (Å²) in [6, 6.07) is 3.71. The average Bonchev–Trinajstić information content (AvgIpc) is 3.03. The number of imide groups is 1. The van der Waals surface area contributed by atoms with Crippen LogP contribution in [0.5, 0.6) is 0 Å². The van der Waals surface area contributed by atoms with Crippen molar-refractivity contribution in [2.45, 2.75) is 6.42 Å². The molecule has 2 heterocycles. The predicted octanol–water partition coefficient (Wildman–Crippen LogP) is 1.29. The maximum atomic E-state index is 11.5. The molecule has 0 spiro atoms. The van der Waals surface area contributed by atoms with Crippen molar-refractivity contribution in [1.82, 2.24) is 15.5 Å². The fraction of sp³-hybridized carbons (Fsp3) is 0.417. The number of hydrogen-bond acceptors (Lipinski definition) is 5. The minimum Gasteiger partial charge on any atom is -0.338 e. The lowest BCUT2D eigenvalue weighted by Gasteiger charge is -2.13. The van der Waals surface area contributed by atoms with Gasteiger partial charge in [0.2, 0.25) is 5.91 Å². The third-order valence-corrected chi connectivity index (χ3v) is 4.49. The van der Waals surface area contributed by atoms with E-state index in [1.807, 2.05) is 17.5 Å². The second-order valence-corrected chi connectivity index (χ2v) is 6.07. The fourth-order valence-corrected chi connectivity index (χ4v) is 3.16. The zero-order valence-electron chi connectivity index (χ0n) is 10.8. The number of urea groups is 1. The Morgan fingerprint density at radius 3 is 2.75 bits per heavy atom. The van der Waals surface area contributed by atoms with Gasteiger partial charge in [-0.25, -0.2) is 4.79 Å². The standard InChI is InChI=1S/C12H15N3O3S2/c16-10-8-20-12(18)15(10)6-5-14-11(17)13-4-3-9-2-1-7-19-9/h1-2,7H,3-6,8H2,(H2,13,14,17). The van der Waals surface area contributed by atoms with Gasteiger partial charge >= 0.3 is 6.03 Å². The molecule has 0 aromatic carbocycles. The van der Waals surface area contributed by atoms with E-state index in [1.54, 1.807) is 11.3 Å². The van der Waals surface area contributed by atoms with Crippen molar-refractivity contribution in [2.75, 3.05) is 25.4 Å². The molecule has 4 amide bonds. The van der Waals surface area contributed by atoms with Crippen LogP contribution in [0.15, 0.2) is 17.5 Å². The Kier molecular flexibility index (Phi) is 5.42.